The van der Waals surface area contributed by atoms with Crippen molar-refractivity contribution in [1.29, 1.82) is 0 Å². The molecule has 0 bridgehead atoms. The van der Waals surface area contributed by atoms with E-state index in [-0.39, 0.29) is 37.6 Å². The van der Waals surface area contributed by atoms with Crippen LogP contribution in [0.5, 0.6) is 0 Å². The lowest BCUT2D eigenvalue weighted by Gasteiger charge is -2.16. The first-order valence-corrected chi connectivity index (χ1v) is 10.5. The molecule has 0 fully saturated rings. The molecule has 0 spiro atoms. The quantitative estimate of drug-likeness (QED) is 0.738. The molecule has 1 unspecified atom stereocenters. The Balaban J connectivity index is 2.03. The van der Waals surface area contributed by atoms with Crippen LogP contribution >= 0.6 is 0 Å². The van der Waals surface area contributed by atoms with Crippen LogP contribution in [0.4, 0.5) is 5.69 Å². The minimum Gasteiger partial charge on any atom is -0.395 e. The number of fused-ring (bicyclic) bond motifs is 1. The van der Waals surface area contributed by atoms with Crippen LogP contribution < -0.4 is 9.62 Å². The Morgan fingerprint density at radius 2 is 2.15 bits per heavy atom. The van der Waals surface area contributed by atoms with Crippen molar-refractivity contribution in [2.75, 3.05) is 30.3 Å². The number of aliphatic hydroxyl groups is 1. The van der Waals surface area contributed by atoms with Crippen LogP contribution in [0.2, 0.25) is 0 Å². The molecule has 9 nitrogen and oxygen atoms in total. The fourth-order valence-corrected chi connectivity index (χ4v) is 4.01. The van der Waals surface area contributed by atoms with Crippen LogP contribution in [-0.4, -0.2) is 60.1 Å². The predicted molar refractivity (Wildman–Crippen MR) is 100 cm³/mol. The van der Waals surface area contributed by atoms with Gasteiger partial charge in [0, 0.05) is 24.7 Å². The van der Waals surface area contributed by atoms with Crippen molar-refractivity contribution in [3.63, 3.8) is 0 Å². The van der Waals surface area contributed by atoms with Gasteiger partial charge in [-0.15, -0.1) is 0 Å². The summed E-state index contributed by atoms with van der Waals surface area (Å²) in [5, 5.41) is 16.0. The predicted octanol–water partition coefficient (Wildman–Crippen LogP) is 0.493. The van der Waals surface area contributed by atoms with Gasteiger partial charge in [-0.05, 0) is 37.6 Å². The van der Waals surface area contributed by atoms with Gasteiger partial charge < -0.3 is 10.4 Å². The molecule has 2 aromatic rings. The third-order valence-electron chi connectivity index (χ3n) is 4.45. The summed E-state index contributed by atoms with van der Waals surface area (Å²) in [6.07, 6.45) is 2.78. The topological polar surface area (TPSA) is 117 Å². The molecule has 3 rings (SSSR count). The van der Waals surface area contributed by atoms with E-state index in [1.165, 1.54) is 4.31 Å². The number of carbonyl (C=O) groups excluding carboxylic acids is 1. The Labute approximate surface area is 158 Å². The molecule has 0 radical (unpaired) electrons. The lowest BCUT2D eigenvalue weighted by Crippen LogP contribution is -2.29. The highest BCUT2D eigenvalue weighted by atomic mass is 32.2. The van der Waals surface area contributed by atoms with Crippen LogP contribution in [-0.2, 0) is 10.0 Å². The van der Waals surface area contributed by atoms with Crippen molar-refractivity contribution in [1.82, 2.24) is 20.1 Å². The standard InChI is InChI=1S/C17H23N5O4S/c1-11(2)21-10-19-16(20-21)14-9-22(27(3,25)26)15-5-4-12(8-13(14)15)17(24)18-6-7-23/h4-5,8,10-11,14,23H,6-7,9H2,1-3H3,(H,18,24). The van der Waals surface area contributed by atoms with Crippen molar-refractivity contribution >= 4 is 21.6 Å². The minimum atomic E-state index is -3.48. The summed E-state index contributed by atoms with van der Waals surface area (Å²) in [6.45, 7) is 4.14. The number of anilines is 1. The summed E-state index contributed by atoms with van der Waals surface area (Å²) in [5.74, 6) is -0.173. The minimum absolute atomic E-state index is 0.133. The lowest BCUT2D eigenvalue weighted by atomic mass is 9.98. The zero-order valence-corrected chi connectivity index (χ0v) is 16.3. The third kappa shape index (κ3) is 3.81. The largest absolute Gasteiger partial charge is 0.395 e. The number of hydrogen-bond donors (Lipinski definition) is 2. The highest BCUT2D eigenvalue weighted by Gasteiger charge is 2.37. The van der Waals surface area contributed by atoms with E-state index in [9.17, 15) is 13.2 Å². The highest BCUT2D eigenvalue weighted by molar-refractivity contribution is 7.92. The second-order valence-electron chi connectivity index (χ2n) is 6.78. The van der Waals surface area contributed by atoms with E-state index in [0.29, 0.717) is 22.6 Å². The number of benzene rings is 1. The van der Waals surface area contributed by atoms with E-state index in [0.717, 1.165) is 6.26 Å². The number of nitrogens with zero attached hydrogens (tertiary/aromatic N) is 4. The Morgan fingerprint density at radius 1 is 1.41 bits per heavy atom. The maximum atomic E-state index is 12.2. The first-order chi connectivity index (χ1) is 12.7. The van der Waals surface area contributed by atoms with E-state index in [1.54, 1.807) is 29.2 Å². The second kappa shape index (κ2) is 7.28. The molecule has 2 heterocycles. The molecule has 0 saturated carbocycles. The van der Waals surface area contributed by atoms with Crippen LogP contribution in [0.25, 0.3) is 0 Å². The van der Waals surface area contributed by atoms with Gasteiger partial charge in [0.05, 0.1) is 24.5 Å². The van der Waals surface area contributed by atoms with E-state index in [4.69, 9.17) is 5.11 Å². The third-order valence-corrected chi connectivity index (χ3v) is 5.59. The van der Waals surface area contributed by atoms with Gasteiger partial charge in [-0.3, -0.25) is 13.8 Å². The molecule has 10 heteroatoms. The molecule has 1 atom stereocenters. The lowest BCUT2D eigenvalue weighted by molar-refractivity contribution is 0.0944. The van der Waals surface area contributed by atoms with Crippen molar-refractivity contribution in [2.24, 2.45) is 0 Å². The number of hydrogen-bond acceptors (Lipinski definition) is 6. The first-order valence-electron chi connectivity index (χ1n) is 8.64. The molecular formula is C17H23N5O4S. The Bertz CT molecular complexity index is 954. The molecule has 1 aliphatic rings. The van der Waals surface area contributed by atoms with Crippen LogP contribution in [0, 0.1) is 0 Å². The summed E-state index contributed by atoms with van der Waals surface area (Å²) in [4.78, 5) is 16.6. The number of sulfonamides is 1. The molecular weight excluding hydrogens is 370 g/mol. The number of carbonyl (C=O) groups is 1. The van der Waals surface area contributed by atoms with E-state index < -0.39 is 10.0 Å². The van der Waals surface area contributed by atoms with Crippen molar-refractivity contribution in [3.8, 4) is 0 Å². The maximum absolute atomic E-state index is 12.2. The SMILES string of the molecule is CC(C)n1cnc(C2CN(S(C)(=O)=O)c3ccc(C(=O)NCCO)cc32)n1. The van der Waals surface area contributed by atoms with E-state index in [1.807, 2.05) is 13.8 Å². The molecule has 0 aliphatic carbocycles. The monoisotopic (exact) mass is 393 g/mol. The highest BCUT2D eigenvalue weighted by Crippen LogP contribution is 2.40. The zero-order chi connectivity index (χ0) is 19.8. The van der Waals surface area contributed by atoms with Gasteiger partial charge in [0.25, 0.3) is 5.91 Å². The van der Waals surface area contributed by atoms with Crippen LogP contribution in [0.1, 0.15) is 47.6 Å². The number of aromatic nitrogens is 3. The molecule has 1 aromatic carbocycles. The summed E-state index contributed by atoms with van der Waals surface area (Å²) in [6, 6.07) is 5.01. The Morgan fingerprint density at radius 3 is 2.74 bits per heavy atom. The maximum Gasteiger partial charge on any atom is 0.251 e. The van der Waals surface area contributed by atoms with Gasteiger partial charge in [0.2, 0.25) is 10.0 Å². The number of rotatable bonds is 6. The summed E-state index contributed by atoms with van der Waals surface area (Å²) in [5.41, 5.74) is 1.62. The van der Waals surface area contributed by atoms with Crippen molar-refractivity contribution < 1.29 is 18.3 Å². The molecule has 27 heavy (non-hydrogen) atoms. The molecule has 1 aliphatic heterocycles. The number of amides is 1. The normalized spacial score (nSPS) is 16.6. The summed E-state index contributed by atoms with van der Waals surface area (Å²) < 4.78 is 27.5. The van der Waals surface area contributed by atoms with Crippen LogP contribution in [0.3, 0.4) is 0 Å². The van der Waals surface area contributed by atoms with E-state index >= 15 is 0 Å². The Kier molecular flexibility index (Phi) is 5.20. The fourth-order valence-electron chi connectivity index (χ4n) is 3.07. The summed E-state index contributed by atoms with van der Waals surface area (Å²) >= 11 is 0. The second-order valence-corrected chi connectivity index (χ2v) is 8.68. The molecule has 1 amide bonds. The van der Waals surface area contributed by atoms with E-state index in [2.05, 4.69) is 15.4 Å². The molecule has 0 saturated heterocycles. The average molecular weight is 393 g/mol. The number of aliphatic hydroxyl groups excluding tert-OH is 1. The van der Waals surface area contributed by atoms with Crippen molar-refractivity contribution in [3.05, 3.63) is 41.5 Å². The zero-order valence-electron chi connectivity index (χ0n) is 15.5. The average Bonchev–Trinajstić information content (AvgIpc) is 3.23. The van der Waals surface area contributed by atoms with Gasteiger partial charge >= 0.3 is 0 Å². The Hall–Kier alpha value is -2.46. The summed E-state index contributed by atoms with van der Waals surface area (Å²) in [7, 11) is -3.48. The smallest absolute Gasteiger partial charge is 0.251 e. The van der Waals surface area contributed by atoms with Gasteiger partial charge in [0.1, 0.15) is 6.33 Å². The van der Waals surface area contributed by atoms with Gasteiger partial charge in [0.15, 0.2) is 5.82 Å². The molecule has 2 N–H and O–H groups in total. The number of nitrogens with one attached hydrogen (secondary N) is 1. The fraction of sp³-hybridized carbons (Fsp3) is 0.471. The van der Waals surface area contributed by atoms with Crippen molar-refractivity contribution in [2.45, 2.75) is 25.8 Å². The van der Waals surface area contributed by atoms with Gasteiger partial charge in [-0.25, -0.2) is 13.4 Å². The molecule has 146 valence electrons. The first kappa shape index (κ1) is 19.3. The van der Waals surface area contributed by atoms with Crippen LogP contribution in [0.15, 0.2) is 24.5 Å². The van der Waals surface area contributed by atoms with Gasteiger partial charge in [-0.1, -0.05) is 0 Å². The van der Waals surface area contributed by atoms with Gasteiger partial charge in [-0.2, -0.15) is 5.10 Å². The molecule has 1 aromatic heterocycles.